The molecular formula is C12H19N3O3S. The van der Waals surface area contributed by atoms with Gasteiger partial charge in [0.2, 0.25) is 5.91 Å². The van der Waals surface area contributed by atoms with Gasteiger partial charge in [-0.2, -0.15) is 0 Å². The van der Waals surface area contributed by atoms with Gasteiger partial charge in [0.05, 0.1) is 0 Å². The molecule has 1 aromatic rings. The van der Waals surface area contributed by atoms with Crippen molar-refractivity contribution < 1.29 is 13.2 Å². The van der Waals surface area contributed by atoms with Crippen molar-refractivity contribution >= 4 is 21.6 Å². The van der Waals surface area contributed by atoms with Crippen LogP contribution in [0, 0.1) is 0 Å². The maximum absolute atomic E-state index is 11.7. The zero-order valence-corrected chi connectivity index (χ0v) is 12.4. The third kappa shape index (κ3) is 4.51. The molecule has 1 atom stereocenters. The molecule has 0 saturated heterocycles. The minimum Gasteiger partial charge on any atom is -0.363 e. The summed E-state index contributed by atoms with van der Waals surface area (Å²) in [5.41, 5.74) is 0.868. The second-order valence-electron chi connectivity index (χ2n) is 4.61. The van der Waals surface area contributed by atoms with E-state index in [1.165, 1.54) is 6.92 Å². The number of nitrogens with one attached hydrogen (secondary N) is 1. The Morgan fingerprint density at radius 1 is 1.47 bits per heavy atom. The Kier molecular flexibility index (Phi) is 4.88. The fraction of sp³-hybridized carbons (Fsp3) is 0.500. The van der Waals surface area contributed by atoms with Crippen LogP contribution in [0.4, 0.5) is 5.82 Å². The number of rotatable bonds is 5. The minimum absolute atomic E-state index is 0.280. The van der Waals surface area contributed by atoms with E-state index >= 15 is 0 Å². The summed E-state index contributed by atoms with van der Waals surface area (Å²) in [6, 6.07) is 3.61. The first kappa shape index (κ1) is 15.4. The lowest BCUT2D eigenvalue weighted by Crippen LogP contribution is -2.37. The van der Waals surface area contributed by atoms with Crippen LogP contribution in [-0.2, 0) is 21.2 Å². The Labute approximate surface area is 113 Å². The van der Waals surface area contributed by atoms with Gasteiger partial charge in [-0.05, 0) is 24.6 Å². The monoisotopic (exact) mass is 285 g/mol. The van der Waals surface area contributed by atoms with Crippen molar-refractivity contribution in [2.24, 2.45) is 0 Å². The molecule has 7 heteroatoms. The molecule has 1 aromatic heterocycles. The van der Waals surface area contributed by atoms with Crippen molar-refractivity contribution in [1.29, 1.82) is 0 Å². The Balaban J connectivity index is 2.67. The van der Waals surface area contributed by atoms with Crippen LogP contribution in [0.3, 0.4) is 0 Å². The molecule has 1 amide bonds. The van der Waals surface area contributed by atoms with Crippen molar-refractivity contribution in [3.63, 3.8) is 0 Å². The van der Waals surface area contributed by atoms with Crippen LogP contribution >= 0.6 is 0 Å². The lowest BCUT2D eigenvalue weighted by atomic mass is 10.2. The standard InChI is InChI=1S/C12H19N3O3S/c1-9(19(4,17)18)12(16)14-8-10-5-6-13-11(7-10)15(2)3/h5-7,9H,8H2,1-4H3,(H,14,16)/t9-/m1/s1. The number of anilines is 1. The molecule has 0 saturated carbocycles. The summed E-state index contributed by atoms with van der Waals surface area (Å²) in [5.74, 6) is 0.286. The lowest BCUT2D eigenvalue weighted by molar-refractivity contribution is -0.120. The average Bonchev–Trinajstić information content (AvgIpc) is 2.34. The second-order valence-corrected chi connectivity index (χ2v) is 6.97. The van der Waals surface area contributed by atoms with Gasteiger partial charge in [0, 0.05) is 33.1 Å². The zero-order chi connectivity index (χ0) is 14.6. The summed E-state index contributed by atoms with van der Waals surface area (Å²) < 4.78 is 22.5. The summed E-state index contributed by atoms with van der Waals surface area (Å²) in [6.07, 6.45) is 2.70. The second kappa shape index (κ2) is 6.01. The molecule has 0 spiro atoms. The zero-order valence-electron chi connectivity index (χ0n) is 11.5. The number of sulfone groups is 1. The highest BCUT2D eigenvalue weighted by atomic mass is 32.2. The molecule has 0 unspecified atom stereocenters. The van der Waals surface area contributed by atoms with Gasteiger partial charge < -0.3 is 10.2 Å². The highest BCUT2D eigenvalue weighted by Crippen LogP contribution is 2.09. The van der Waals surface area contributed by atoms with E-state index < -0.39 is 21.0 Å². The van der Waals surface area contributed by atoms with Crippen molar-refractivity contribution in [1.82, 2.24) is 10.3 Å². The molecule has 0 aliphatic carbocycles. The molecule has 1 rings (SSSR count). The van der Waals surface area contributed by atoms with E-state index in [0.29, 0.717) is 0 Å². The number of aromatic nitrogens is 1. The van der Waals surface area contributed by atoms with Crippen LogP contribution in [0.2, 0.25) is 0 Å². The predicted octanol–water partition coefficient (Wildman–Crippen LogP) is 0.197. The average molecular weight is 285 g/mol. The van der Waals surface area contributed by atoms with Gasteiger partial charge in [-0.3, -0.25) is 4.79 Å². The summed E-state index contributed by atoms with van der Waals surface area (Å²) >= 11 is 0. The third-order valence-electron chi connectivity index (χ3n) is 2.75. The quantitative estimate of drug-likeness (QED) is 0.836. The Morgan fingerprint density at radius 3 is 2.63 bits per heavy atom. The van der Waals surface area contributed by atoms with E-state index in [4.69, 9.17) is 0 Å². The molecule has 0 fully saturated rings. The van der Waals surface area contributed by atoms with E-state index in [1.807, 2.05) is 25.1 Å². The molecule has 0 aromatic carbocycles. The number of hydrogen-bond acceptors (Lipinski definition) is 5. The van der Waals surface area contributed by atoms with Gasteiger partial charge in [-0.25, -0.2) is 13.4 Å². The first-order valence-corrected chi connectivity index (χ1v) is 7.76. The Bertz CT molecular complexity index is 555. The third-order valence-corrected chi connectivity index (χ3v) is 4.24. The van der Waals surface area contributed by atoms with Crippen LogP contribution in [-0.4, -0.2) is 44.9 Å². The Hall–Kier alpha value is -1.63. The summed E-state index contributed by atoms with van der Waals surface area (Å²) in [4.78, 5) is 17.7. The normalized spacial score (nSPS) is 12.8. The van der Waals surface area contributed by atoms with Crippen LogP contribution in [0.25, 0.3) is 0 Å². The molecule has 0 aliphatic rings. The summed E-state index contributed by atoms with van der Waals surface area (Å²) in [7, 11) is 0.382. The highest BCUT2D eigenvalue weighted by molar-refractivity contribution is 7.92. The molecular weight excluding hydrogens is 266 g/mol. The number of carbonyl (C=O) groups is 1. The largest absolute Gasteiger partial charge is 0.363 e. The fourth-order valence-corrected chi connectivity index (χ4v) is 1.81. The molecule has 0 radical (unpaired) electrons. The number of nitrogens with zero attached hydrogens (tertiary/aromatic N) is 2. The molecule has 1 N–H and O–H groups in total. The molecule has 19 heavy (non-hydrogen) atoms. The first-order valence-electron chi connectivity index (χ1n) is 5.80. The summed E-state index contributed by atoms with van der Waals surface area (Å²) in [6.45, 7) is 1.66. The highest BCUT2D eigenvalue weighted by Gasteiger charge is 2.22. The van der Waals surface area contributed by atoms with Crippen molar-refractivity contribution in [2.75, 3.05) is 25.3 Å². The van der Waals surface area contributed by atoms with Gasteiger partial charge in [0.1, 0.15) is 11.1 Å². The Morgan fingerprint density at radius 2 is 2.11 bits per heavy atom. The number of hydrogen-bond donors (Lipinski definition) is 1. The van der Waals surface area contributed by atoms with Crippen molar-refractivity contribution in [2.45, 2.75) is 18.7 Å². The van der Waals surface area contributed by atoms with E-state index in [1.54, 1.807) is 12.3 Å². The van der Waals surface area contributed by atoms with E-state index in [2.05, 4.69) is 10.3 Å². The van der Waals surface area contributed by atoms with Crippen molar-refractivity contribution in [3.05, 3.63) is 23.9 Å². The van der Waals surface area contributed by atoms with Gasteiger partial charge in [-0.1, -0.05) is 0 Å². The van der Waals surface area contributed by atoms with Crippen LogP contribution in [0.15, 0.2) is 18.3 Å². The van der Waals surface area contributed by atoms with Gasteiger partial charge in [-0.15, -0.1) is 0 Å². The maximum Gasteiger partial charge on any atom is 0.238 e. The van der Waals surface area contributed by atoms with Crippen LogP contribution in [0.5, 0.6) is 0 Å². The number of pyridine rings is 1. The smallest absolute Gasteiger partial charge is 0.238 e. The number of carbonyl (C=O) groups excluding carboxylic acids is 1. The van der Waals surface area contributed by atoms with E-state index in [0.717, 1.165) is 17.6 Å². The lowest BCUT2D eigenvalue weighted by Gasteiger charge is -2.13. The SMILES string of the molecule is C[C@H](C(=O)NCc1ccnc(N(C)C)c1)S(C)(=O)=O. The minimum atomic E-state index is -3.36. The van der Waals surface area contributed by atoms with Crippen LogP contribution in [0.1, 0.15) is 12.5 Å². The molecule has 0 bridgehead atoms. The predicted molar refractivity (Wildman–Crippen MR) is 74.7 cm³/mol. The topological polar surface area (TPSA) is 79.4 Å². The van der Waals surface area contributed by atoms with Crippen molar-refractivity contribution in [3.8, 4) is 0 Å². The maximum atomic E-state index is 11.7. The molecule has 6 nitrogen and oxygen atoms in total. The summed E-state index contributed by atoms with van der Waals surface area (Å²) in [5, 5.41) is 1.57. The molecule has 1 heterocycles. The van der Waals surface area contributed by atoms with E-state index in [9.17, 15) is 13.2 Å². The van der Waals surface area contributed by atoms with Crippen LogP contribution < -0.4 is 10.2 Å². The first-order chi connectivity index (χ1) is 8.71. The molecule has 0 aliphatic heterocycles. The van der Waals surface area contributed by atoms with Gasteiger partial charge in [0.25, 0.3) is 0 Å². The van der Waals surface area contributed by atoms with E-state index in [-0.39, 0.29) is 6.54 Å². The van der Waals surface area contributed by atoms with Gasteiger partial charge in [0.15, 0.2) is 9.84 Å². The number of amides is 1. The molecule has 106 valence electrons. The van der Waals surface area contributed by atoms with Gasteiger partial charge >= 0.3 is 0 Å². The fourth-order valence-electron chi connectivity index (χ4n) is 1.34.